The average molecular weight is 404 g/mol. The monoisotopic (exact) mass is 404 g/mol. The van der Waals surface area contributed by atoms with Crippen LogP contribution in [0, 0.1) is 10.1 Å². The number of aromatic amines is 1. The van der Waals surface area contributed by atoms with E-state index in [1.54, 1.807) is 36.4 Å². The van der Waals surface area contributed by atoms with Crippen LogP contribution in [0.5, 0.6) is 5.88 Å². The van der Waals surface area contributed by atoms with Crippen molar-refractivity contribution in [3.05, 3.63) is 82.2 Å². The van der Waals surface area contributed by atoms with Crippen molar-refractivity contribution in [3.63, 3.8) is 0 Å². The third kappa shape index (κ3) is 4.22. The molecule has 0 saturated heterocycles. The van der Waals surface area contributed by atoms with Crippen LogP contribution in [0.4, 0.5) is 11.6 Å². The maximum absolute atomic E-state index is 12.4. The molecule has 0 unspecified atom stereocenters. The largest absolute Gasteiger partial charge is 0.476 e. The van der Waals surface area contributed by atoms with Gasteiger partial charge in [-0.15, -0.1) is 0 Å². The number of non-ortho nitro benzene ring substituents is 1. The molecule has 0 saturated carbocycles. The topological polar surface area (TPSA) is 136 Å². The van der Waals surface area contributed by atoms with Crippen LogP contribution >= 0.6 is 0 Å². The van der Waals surface area contributed by atoms with E-state index in [9.17, 15) is 14.9 Å². The van der Waals surface area contributed by atoms with E-state index >= 15 is 0 Å². The Hall–Kier alpha value is -4.34. The van der Waals surface area contributed by atoms with Gasteiger partial charge in [0.1, 0.15) is 5.52 Å². The van der Waals surface area contributed by atoms with E-state index in [0.29, 0.717) is 23.1 Å². The van der Waals surface area contributed by atoms with Gasteiger partial charge in [0.05, 0.1) is 17.9 Å². The number of anilines is 1. The maximum Gasteiger partial charge on any atom is 0.269 e. The quantitative estimate of drug-likeness (QED) is 0.357. The van der Waals surface area contributed by atoms with Gasteiger partial charge in [0, 0.05) is 24.1 Å². The van der Waals surface area contributed by atoms with Crippen LogP contribution in [0.1, 0.15) is 15.9 Å². The molecular formula is C20H16N6O4. The van der Waals surface area contributed by atoms with Gasteiger partial charge in [0.15, 0.2) is 5.65 Å². The predicted octanol–water partition coefficient (Wildman–Crippen LogP) is 3.13. The van der Waals surface area contributed by atoms with E-state index < -0.39 is 4.92 Å². The molecule has 0 fully saturated rings. The Morgan fingerprint density at radius 3 is 2.60 bits per heavy atom. The lowest BCUT2D eigenvalue weighted by atomic mass is 10.1. The Kier molecular flexibility index (Phi) is 5.29. The first kappa shape index (κ1) is 19.0. The number of carbonyl (C=O) groups excluding carboxylic acids is 1. The molecule has 2 heterocycles. The first-order valence-corrected chi connectivity index (χ1v) is 9.04. The summed E-state index contributed by atoms with van der Waals surface area (Å²) in [6.45, 7) is 0.273. The van der Waals surface area contributed by atoms with Crippen LogP contribution in [0.15, 0.2) is 60.9 Å². The zero-order chi connectivity index (χ0) is 20.9. The van der Waals surface area contributed by atoms with E-state index in [1.165, 1.54) is 18.5 Å². The highest BCUT2D eigenvalue weighted by Crippen LogP contribution is 2.21. The number of aromatic nitrogens is 4. The number of hydrogen-bond acceptors (Lipinski definition) is 7. The highest BCUT2D eigenvalue weighted by atomic mass is 16.6. The van der Waals surface area contributed by atoms with Crippen molar-refractivity contribution < 1.29 is 14.5 Å². The van der Waals surface area contributed by atoms with Crippen LogP contribution in [0.25, 0.3) is 11.2 Å². The molecule has 4 aromatic rings. The summed E-state index contributed by atoms with van der Waals surface area (Å²) in [4.78, 5) is 38.2. The Labute approximate surface area is 170 Å². The second kappa shape index (κ2) is 8.35. The fraction of sp³-hybridized carbons (Fsp3) is 0.100. The molecule has 2 aromatic heterocycles. The Balaban J connectivity index is 1.47. The fourth-order valence-corrected chi connectivity index (χ4v) is 2.78. The van der Waals surface area contributed by atoms with Crippen LogP contribution in [0.2, 0.25) is 0 Å². The van der Waals surface area contributed by atoms with Crippen LogP contribution in [0.3, 0.4) is 0 Å². The molecule has 30 heavy (non-hydrogen) atoms. The van der Waals surface area contributed by atoms with E-state index in [2.05, 4.69) is 25.3 Å². The second-order valence-electron chi connectivity index (χ2n) is 6.30. The third-order valence-corrected chi connectivity index (χ3v) is 4.29. The van der Waals surface area contributed by atoms with Gasteiger partial charge < -0.3 is 9.72 Å². The summed E-state index contributed by atoms with van der Waals surface area (Å²) in [5.41, 5.74) is 2.26. The lowest BCUT2D eigenvalue weighted by Crippen LogP contribution is -2.15. The number of fused-ring (bicyclic) bond motifs is 1. The van der Waals surface area contributed by atoms with Gasteiger partial charge in [0.25, 0.3) is 11.6 Å². The number of rotatable bonds is 7. The molecule has 0 radical (unpaired) electrons. The second-order valence-corrected chi connectivity index (χ2v) is 6.30. The van der Waals surface area contributed by atoms with Crippen LogP contribution in [-0.4, -0.2) is 37.4 Å². The molecule has 1 amide bonds. The van der Waals surface area contributed by atoms with Crippen molar-refractivity contribution in [2.24, 2.45) is 0 Å². The molecule has 4 rings (SSSR count). The van der Waals surface area contributed by atoms with Crippen molar-refractivity contribution in [2.75, 3.05) is 11.9 Å². The lowest BCUT2D eigenvalue weighted by molar-refractivity contribution is -0.384. The Morgan fingerprint density at radius 1 is 1.10 bits per heavy atom. The SMILES string of the molecule is O=C(Nc1nc(OCCc2ccc([N+](=O)[O-])cc2)c2[nH]cnc2n1)c1ccccc1. The number of carbonyl (C=O) groups is 1. The maximum atomic E-state index is 12.4. The van der Waals surface area contributed by atoms with E-state index in [4.69, 9.17) is 4.74 Å². The number of imidazole rings is 1. The molecular weight excluding hydrogens is 388 g/mol. The van der Waals surface area contributed by atoms with E-state index in [0.717, 1.165) is 5.56 Å². The van der Waals surface area contributed by atoms with E-state index in [-0.39, 0.29) is 30.0 Å². The van der Waals surface area contributed by atoms with Gasteiger partial charge in [-0.3, -0.25) is 20.2 Å². The average Bonchev–Trinajstić information content (AvgIpc) is 3.23. The summed E-state index contributed by atoms with van der Waals surface area (Å²) in [5, 5.41) is 13.4. The van der Waals surface area contributed by atoms with Gasteiger partial charge in [-0.2, -0.15) is 9.97 Å². The van der Waals surface area contributed by atoms with Gasteiger partial charge in [0.2, 0.25) is 11.8 Å². The number of ether oxygens (including phenoxy) is 1. The summed E-state index contributed by atoms with van der Waals surface area (Å²) in [7, 11) is 0. The van der Waals surface area contributed by atoms with Crippen molar-refractivity contribution in [3.8, 4) is 5.88 Å². The number of nitrogens with zero attached hydrogens (tertiary/aromatic N) is 4. The standard InChI is InChI=1S/C20H16N6O4/c27-18(14-4-2-1-3-5-14)24-20-23-17-16(21-12-22-17)19(25-20)30-11-10-13-6-8-15(9-7-13)26(28)29/h1-9,12H,10-11H2,(H2,21,22,23,24,25,27). The third-order valence-electron chi connectivity index (χ3n) is 4.29. The minimum atomic E-state index is -0.443. The summed E-state index contributed by atoms with van der Waals surface area (Å²) in [6.07, 6.45) is 1.98. The molecule has 0 aliphatic heterocycles. The highest BCUT2D eigenvalue weighted by molar-refractivity contribution is 6.03. The minimum Gasteiger partial charge on any atom is -0.476 e. The normalized spacial score (nSPS) is 10.7. The van der Waals surface area contributed by atoms with E-state index in [1.807, 2.05) is 6.07 Å². The number of amides is 1. The smallest absolute Gasteiger partial charge is 0.269 e. The summed E-state index contributed by atoms with van der Waals surface area (Å²) in [6, 6.07) is 15.0. The molecule has 0 bridgehead atoms. The number of benzene rings is 2. The van der Waals surface area contributed by atoms with Gasteiger partial charge >= 0.3 is 0 Å². The summed E-state index contributed by atoms with van der Waals surface area (Å²) < 4.78 is 5.78. The fourth-order valence-electron chi connectivity index (χ4n) is 2.78. The predicted molar refractivity (Wildman–Crippen MR) is 108 cm³/mol. The molecule has 0 aliphatic carbocycles. The number of nitrogens with one attached hydrogen (secondary N) is 2. The zero-order valence-electron chi connectivity index (χ0n) is 15.6. The number of nitro groups is 1. The first-order valence-electron chi connectivity index (χ1n) is 9.04. The summed E-state index contributed by atoms with van der Waals surface area (Å²) in [5.74, 6) is -0.0149. The van der Waals surface area contributed by atoms with Crippen molar-refractivity contribution in [2.45, 2.75) is 6.42 Å². The Morgan fingerprint density at radius 2 is 1.87 bits per heavy atom. The zero-order valence-corrected chi connectivity index (χ0v) is 15.6. The number of hydrogen-bond donors (Lipinski definition) is 2. The van der Waals surface area contributed by atoms with Crippen molar-refractivity contribution in [1.29, 1.82) is 0 Å². The molecule has 0 atom stereocenters. The molecule has 2 aromatic carbocycles. The van der Waals surface area contributed by atoms with Gasteiger partial charge in [-0.1, -0.05) is 30.3 Å². The molecule has 150 valence electrons. The molecule has 10 nitrogen and oxygen atoms in total. The number of nitro benzene ring substituents is 1. The van der Waals surface area contributed by atoms with Gasteiger partial charge in [-0.05, 0) is 17.7 Å². The van der Waals surface area contributed by atoms with Gasteiger partial charge in [-0.25, -0.2) is 4.98 Å². The molecule has 0 spiro atoms. The molecule has 0 aliphatic rings. The first-order chi connectivity index (χ1) is 14.6. The highest BCUT2D eigenvalue weighted by Gasteiger charge is 2.14. The Bertz CT molecular complexity index is 1190. The van der Waals surface area contributed by atoms with Crippen molar-refractivity contribution >= 4 is 28.7 Å². The summed E-state index contributed by atoms with van der Waals surface area (Å²) >= 11 is 0. The lowest BCUT2D eigenvalue weighted by Gasteiger charge is -2.09. The minimum absolute atomic E-state index is 0.0356. The van der Waals surface area contributed by atoms with Crippen LogP contribution in [-0.2, 0) is 6.42 Å². The molecule has 10 heteroatoms. The molecule has 2 N–H and O–H groups in total. The number of H-pyrrole nitrogens is 1. The van der Waals surface area contributed by atoms with Crippen LogP contribution < -0.4 is 10.1 Å². The van der Waals surface area contributed by atoms with Crippen molar-refractivity contribution in [1.82, 2.24) is 19.9 Å².